The molecule has 29 heavy (non-hydrogen) atoms. The molecule has 1 aliphatic rings. The van der Waals surface area contributed by atoms with Gasteiger partial charge in [0.1, 0.15) is 0 Å². The van der Waals surface area contributed by atoms with Gasteiger partial charge in [0.25, 0.3) is 0 Å². The number of carbonyl (C=O) groups excluding carboxylic acids is 1. The number of hydrogen-bond donors (Lipinski definition) is 0. The highest BCUT2D eigenvalue weighted by atomic mass is 19.4. The van der Waals surface area contributed by atoms with Gasteiger partial charge in [-0.05, 0) is 47.6 Å². The summed E-state index contributed by atoms with van der Waals surface area (Å²) >= 11 is 0. The van der Waals surface area contributed by atoms with Gasteiger partial charge in [-0.1, -0.05) is 56.3 Å². The number of ketones is 1. The summed E-state index contributed by atoms with van der Waals surface area (Å²) < 4.78 is 38.8. The molecular weight excluding hydrogens is 375 g/mol. The van der Waals surface area contributed by atoms with Crippen LogP contribution in [-0.2, 0) is 12.6 Å². The van der Waals surface area contributed by atoms with E-state index in [1.54, 1.807) is 6.07 Å². The molecule has 0 radical (unpaired) electrons. The first-order chi connectivity index (χ1) is 13.7. The molecule has 3 rings (SSSR count). The molecule has 2 aromatic rings. The summed E-state index contributed by atoms with van der Waals surface area (Å²) in [5, 5.41) is 0. The summed E-state index contributed by atoms with van der Waals surface area (Å²) in [7, 11) is 0. The van der Waals surface area contributed by atoms with Crippen molar-refractivity contribution in [2.45, 2.75) is 32.9 Å². The Morgan fingerprint density at radius 1 is 1.10 bits per heavy atom. The van der Waals surface area contributed by atoms with E-state index in [4.69, 9.17) is 0 Å². The molecule has 0 fully saturated rings. The third-order valence-electron chi connectivity index (χ3n) is 5.14. The molecule has 0 aromatic heterocycles. The monoisotopic (exact) mass is 401 g/mol. The molecule has 2 aromatic carbocycles. The van der Waals surface area contributed by atoms with E-state index in [0.717, 1.165) is 18.1 Å². The van der Waals surface area contributed by atoms with Gasteiger partial charge in [0.15, 0.2) is 5.78 Å². The Morgan fingerprint density at radius 2 is 1.83 bits per heavy atom. The predicted molar refractivity (Wildman–Crippen MR) is 110 cm³/mol. The van der Waals surface area contributed by atoms with Crippen LogP contribution in [0.5, 0.6) is 0 Å². The predicted octanol–water partition coefficient (Wildman–Crippen LogP) is 5.88. The Hall–Kier alpha value is -2.40. The molecular formula is C24H26F3NO. The fourth-order valence-corrected chi connectivity index (χ4v) is 3.60. The molecule has 0 N–H and O–H groups in total. The molecule has 2 nitrogen and oxygen atoms in total. The van der Waals surface area contributed by atoms with Crippen molar-refractivity contribution >= 4 is 11.4 Å². The van der Waals surface area contributed by atoms with E-state index in [2.05, 4.69) is 13.8 Å². The van der Waals surface area contributed by atoms with Gasteiger partial charge in [-0.15, -0.1) is 0 Å². The third-order valence-corrected chi connectivity index (χ3v) is 5.14. The molecule has 1 aliphatic heterocycles. The van der Waals surface area contributed by atoms with Gasteiger partial charge >= 0.3 is 6.18 Å². The highest BCUT2D eigenvalue weighted by molar-refractivity contribution is 5.97. The first-order valence-corrected chi connectivity index (χ1v) is 9.93. The van der Waals surface area contributed by atoms with Gasteiger partial charge in [0.2, 0.25) is 0 Å². The van der Waals surface area contributed by atoms with Crippen LogP contribution in [0.1, 0.15) is 47.3 Å². The van der Waals surface area contributed by atoms with Gasteiger partial charge in [-0.25, -0.2) is 0 Å². The molecule has 0 amide bonds. The number of halogens is 3. The second kappa shape index (κ2) is 8.95. The Labute approximate surface area is 170 Å². The van der Waals surface area contributed by atoms with Crippen molar-refractivity contribution in [2.24, 2.45) is 5.92 Å². The molecule has 1 heterocycles. The van der Waals surface area contributed by atoms with E-state index in [0.29, 0.717) is 43.1 Å². The second-order valence-corrected chi connectivity index (χ2v) is 8.01. The van der Waals surface area contributed by atoms with Crippen molar-refractivity contribution in [1.29, 1.82) is 0 Å². The fourth-order valence-electron chi connectivity index (χ4n) is 3.60. The minimum Gasteiger partial charge on any atom is -0.293 e. The van der Waals surface area contributed by atoms with E-state index in [-0.39, 0.29) is 5.78 Å². The van der Waals surface area contributed by atoms with Crippen LogP contribution < -0.4 is 0 Å². The zero-order valence-corrected chi connectivity index (χ0v) is 16.8. The van der Waals surface area contributed by atoms with Crippen molar-refractivity contribution < 1.29 is 18.0 Å². The zero-order valence-electron chi connectivity index (χ0n) is 16.8. The minimum absolute atomic E-state index is 0.0667. The first-order valence-electron chi connectivity index (χ1n) is 9.93. The number of rotatable bonds is 6. The number of alkyl halides is 3. The quantitative estimate of drug-likeness (QED) is 0.564. The van der Waals surface area contributed by atoms with Crippen LogP contribution in [0.2, 0.25) is 0 Å². The van der Waals surface area contributed by atoms with Crippen molar-refractivity contribution in [2.75, 3.05) is 19.6 Å². The standard InChI is InChI=1S/C24H26F3NO/c1-17(2)14-18-6-8-20(9-7-18)23(29)16-28-12-10-19(11-13-28)21-4-3-5-22(15-21)24(25,26)27/h3-10,15,17H,11-14,16H2,1-2H3. The molecule has 0 aliphatic carbocycles. The van der Waals surface area contributed by atoms with Gasteiger partial charge < -0.3 is 0 Å². The topological polar surface area (TPSA) is 20.3 Å². The van der Waals surface area contributed by atoms with Crippen molar-refractivity contribution in [3.63, 3.8) is 0 Å². The lowest BCUT2D eigenvalue weighted by Gasteiger charge is -2.26. The van der Waals surface area contributed by atoms with Crippen LogP contribution >= 0.6 is 0 Å². The van der Waals surface area contributed by atoms with Crippen LogP contribution in [0.3, 0.4) is 0 Å². The summed E-state index contributed by atoms with van der Waals surface area (Å²) in [6.45, 7) is 5.85. The van der Waals surface area contributed by atoms with E-state index >= 15 is 0 Å². The van der Waals surface area contributed by atoms with Crippen LogP contribution in [0.25, 0.3) is 5.57 Å². The molecule has 0 saturated heterocycles. The second-order valence-electron chi connectivity index (χ2n) is 8.01. The summed E-state index contributed by atoms with van der Waals surface area (Å²) in [6.07, 6.45) is -0.794. The van der Waals surface area contributed by atoms with Crippen molar-refractivity contribution in [3.05, 3.63) is 76.9 Å². The van der Waals surface area contributed by atoms with Crippen molar-refractivity contribution in [1.82, 2.24) is 4.90 Å². The molecule has 0 bridgehead atoms. The fraction of sp³-hybridized carbons (Fsp3) is 0.375. The molecule has 0 atom stereocenters. The lowest BCUT2D eigenvalue weighted by Crippen LogP contribution is -2.33. The summed E-state index contributed by atoms with van der Waals surface area (Å²) in [6, 6.07) is 13.2. The van der Waals surface area contributed by atoms with Crippen LogP contribution in [-0.4, -0.2) is 30.3 Å². The molecule has 0 saturated carbocycles. The largest absolute Gasteiger partial charge is 0.416 e. The van der Waals surface area contributed by atoms with Gasteiger partial charge in [0.05, 0.1) is 12.1 Å². The van der Waals surface area contributed by atoms with Crippen molar-refractivity contribution in [3.8, 4) is 0 Å². The van der Waals surface area contributed by atoms with E-state index in [1.165, 1.54) is 17.7 Å². The summed E-state index contributed by atoms with van der Waals surface area (Å²) in [5.41, 5.74) is 2.80. The maximum atomic E-state index is 12.9. The van der Waals surface area contributed by atoms with Gasteiger partial charge in [-0.2, -0.15) is 13.2 Å². The SMILES string of the molecule is CC(C)Cc1ccc(C(=O)CN2CC=C(c3cccc(C(F)(F)F)c3)CC2)cc1. The molecule has 0 spiro atoms. The average molecular weight is 401 g/mol. The normalized spacial score (nSPS) is 15.4. The number of nitrogens with zero attached hydrogens (tertiary/aromatic N) is 1. The Balaban J connectivity index is 1.60. The third kappa shape index (κ3) is 5.80. The zero-order chi connectivity index (χ0) is 21.0. The van der Waals surface area contributed by atoms with E-state index in [1.807, 2.05) is 35.2 Å². The average Bonchev–Trinajstić information content (AvgIpc) is 2.68. The number of Topliss-reactive ketones (excluding diaryl/α,β-unsaturated/α-hetero) is 1. The number of carbonyl (C=O) groups is 1. The first kappa shape index (κ1) is 21.3. The maximum Gasteiger partial charge on any atom is 0.416 e. The van der Waals surface area contributed by atoms with Crippen LogP contribution in [0, 0.1) is 5.92 Å². The van der Waals surface area contributed by atoms with Crippen LogP contribution in [0.15, 0.2) is 54.6 Å². The smallest absolute Gasteiger partial charge is 0.293 e. The lowest BCUT2D eigenvalue weighted by atomic mass is 9.97. The number of hydrogen-bond acceptors (Lipinski definition) is 2. The minimum atomic E-state index is -4.34. The molecule has 0 unspecified atom stereocenters. The maximum absolute atomic E-state index is 12.9. The highest BCUT2D eigenvalue weighted by Gasteiger charge is 2.30. The van der Waals surface area contributed by atoms with E-state index in [9.17, 15) is 18.0 Å². The Morgan fingerprint density at radius 3 is 2.41 bits per heavy atom. The molecule has 5 heteroatoms. The molecule has 154 valence electrons. The lowest BCUT2D eigenvalue weighted by molar-refractivity contribution is -0.137. The van der Waals surface area contributed by atoms with Gasteiger partial charge in [0, 0.05) is 18.7 Å². The van der Waals surface area contributed by atoms with Gasteiger partial charge in [-0.3, -0.25) is 9.69 Å². The Kier molecular flexibility index (Phi) is 6.58. The Bertz CT molecular complexity index is 882. The van der Waals surface area contributed by atoms with E-state index < -0.39 is 11.7 Å². The van der Waals surface area contributed by atoms with Crippen LogP contribution in [0.4, 0.5) is 13.2 Å². The summed E-state index contributed by atoms with van der Waals surface area (Å²) in [4.78, 5) is 14.6. The summed E-state index contributed by atoms with van der Waals surface area (Å²) in [5.74, 6) is 0.639. The number of benzene rings is 2. The highest BCUT2D eigenvalue weighted by Crippen LogP contribution is 2.32.